The zero-order valence-electron chi connectivity index (χ0n) is 16.5. The second-order valence-electron chi connectivity index (χ2n) is 7.79. The van der Waals surface area contributed by atoms with Gasteiger partial charge in [-0.2, -0.15) is 0 Å². The van der Waals surface area contributed by atoms with Crippen LogP contribution < -0.4 is 15.8 Å². The van der Waals surface area contributed by atoms with Crippen LogP contribution in [0.5, 0.6) is 0 Å². The smallest absolute Gasteiger partial charge is 0.253 e. The zero-order chi connectivity index (χ0) is 19.7. The Balaban J connectivity index is 1.47. The lowest BCUT2D eigenvalue weighted by Crippen LogP contribution is -2.35. The lowest BCUT2D eigenvalue weighted by atomic mass is 10.1. The van der Waals surface area contributed by atoms with Gasteiger partial charge in [0, 0.05) is 36.6 Å². The van der Waals surface area contributed by atoms with E-state index < -0.39 is 0 Å². The minimum Gasteiger partial charge on any atom is -0.393 e. The minimum absolute atomic E-state index is 0.0459. The number of nitrogens with one attached hydrogen (secondary N) is 2. The molecule has 0 atom stereocenters. The molecule has 1 saturated heterocycles. The fourth-order valence-electron chi connectivity index (χ4n) is 3.97. The molecule has 0 bridgehead atoms. The Morgan fingerprint density at radius 1 is 1.11 bits per heavy atom. The van der Waals surface area contributed by atoms with E-state index in [0.29, 0.717) is 6.54 Å². The van der Waals surface area contributed by atoms with Gasteiger partial charge < -0.3 is 20.3 Å². The summed E-state index contributed by atoms with van der Waals surface area (Å²) in [6.45, 7) is 6.35. The molecule has 3 aromatic rings. The van der Waals surface area contributed by atoms with Crippen LogP contribution in [0.4, 0.5) is 11.4 Å². The van der Waals surface area contributed by atoms with Crippen LogP contribution in [0.2, 0.25) is 0 Å². The predicted octanol–water partition coefficient (Wildman–Crippen LogP) is 3.72. The molecule has 1 aromatic heterocycles. The molecule has 5 heteroatoms. The van der Waals surface area contributed by atoms with Crippen molar-refractivity contribution < 1.29 is 5.11 Å². The second-order valence-corrected chi connectivity index (χ2v) is 7.79. The van der Waals surface area contributed by atoms with E-state index >= 15 is 0 Å². The van der Waals surface area contributed by atoms with Gasteiger partial charge in [0.05, 0.1) is 11.6 Å². The number of aromatic nitrogens is 1. The number of benzene rings is 2. The Hall–Kier alpha value is -2.79. The van der Waals surface area contributed by atoms with Crippen LogP contribution in [0, 0.1) is 13.8 Å². The molecule has 5 nitrogen and oxygen atoms in total. The second kappa shape index (κ2) is 7.68. The first-order valence-corrected chi connectivity index (χ1v) is 9.90. The van der Waals surface area contributed by atoms with Gasteiger partial charge in [0.2, 0.25) is 0 Å². The summed E-state index contributed by atoms with van der Waals surface area (Å²) in [6.07, 6.45) is 1.48. The number of aliphatic hydroxyl groups excluding tert-OH is 1. The predicted molar refractivity (Wildman–Crippen MR) is 115 cm³/mol. The Morgan fingerprint density at radius 2 is 1.82 bits per heavy atom. The third kappa shape index (κ3) is 3.90. The Kier molecular flexibility index (Phi) is 5.09. The van der Waals surface area contributed by atoms with E-state index in [1.807, 2.05) is 25.1 Å². The van der Waals surface area contributed by atoms with Crippen LogP contribution in [-0.4, -0.2) is 29.3 Å². The fourth-order valence-corrected chi connectivity index (χ4v) is 3.97. The number of H-pyrrole nitrogens is 1. The summed E-state index contributed by atoms with van der Waals surface area (Å²) in [5, 5.41) is 14.1. The van der Waals surface area contributed by atoms with Crippen LogP contribution in [-0.2, 0) is 6.54 Å². The van der Waals surface area contributed by atoms with Gasteiger partial charge in [-0.3, -0.25) is 4.79 Å². The minimum atomic E-state index is -0.162. The third-order valence-electron chi connectivity index (χ3n) is 5.55. The number of nitrogens with zero attached hydrogens (tertiary/aromatic N) is 1. The highest BCUT2D eigenvalue weighted by Crippen LogP contribution is 2.23. The maximum absolute atomic E-state index is 12.5. The number of hydrogen-bond acceptors (Lipinski definition) is 4. The van der Waals surface area contributed by atoms with Gasteiger partial charge in [-0.15, -0.1) is 0 Å². The fraction of sp³-hybridized carbons (Fsp3) is 0.348. The van der Waals surface area contributed by atoms with Gasteiger partial charge in [0.1, 0.15) is 0 Å². The number of piperidine rings is 1. The first-order valence-electron chi connectivity index (χ1n) is 9.90. The molecule has 1 aliphatic rings. The monoisotopic (exact) mass is 377 g/mol. The van der Waals surface area contributed by atoms with Gasteiger partial charge >= 0.3 is 0 Å². The molecule has 0 spiro atoms. The van der Waals surface area contributed by atoms with Gasteiger partial charge in [0.15, 0.2) is 0 Å². The number of aromatic amines is 1. The summed E-state index contributed by atoms with van der Waals surface area (Å²) in [5.41, 5.74) is 6.04. The first-order chi connectivity index (χ1) is 13.5. The van der Waals surface area contributed by atoms with Gasteiger partial charge in [0.25, 0.3) is 5.56 Å². The highest BCUT2D eigenvalue weighted by atomic mass is 16.3. The topological polar surface area (TPSA) is 68.4 Å². The first kappa shape index (κ1) is 18.6. The molecule has 4 rings (SSSR count). The number of rotatable bonds is 4. The summed E-state index contributed by atoms with van der Waals surface area (Å²) in [5.74, 6) is 0. The maximum atomic E-state index is 12.5. The molecule has 28 heavy (non-hydrogen) atoms. The Labute approximate surface area is 165 Å². The SMILES string of the molecule is Cc1cc(C)c2[nH]c(=O)c(CNc3ccc(N4CCC(O)CC4)cc3)cc2c1. The summed E-state index contributed by atoms with van der Waals surface area (Å²) in [4.78, 5) is 17.8. The molecule has 2 aromatic carbocycles. The van der Waals surface area contributed by atoms with Crippen LogP contribution in [0.3, 0.4) is 0 Å². The zero-order valence-corrected chi connectivity index (χ0v) is 16.5. The number of aliphatic hydroxyl groups is 1. The van der Waals surface area contributed by atoms with Crippen LogP contribution in [0.25, 0.3) is 10.9 Å². The largest absolute Gasteiger partial charge is 0.393 e. The molecule has 1 aliphatic heterocycles. The molecular weight excluding hydrogens is 350 g/mol. The average Bonchev–Trinajstić information content (AvgIpc) is 2.68. The van der Waals surface area contributed by atoms with E-state index in [-0.39, 0.29) is 11.7 Å². The van der Waals surface area contributed by atoms with E-state index in [4.69, 9.17) is 0 Å². The summed E-state index contributed by atoms with van der Waals surface area (Å²) < 4.78 is 0. The number of anilines is 2. The van der Waals surface area contributed by atoms with E-state index in [9.17, 15) is 9.90 Å². The lowest BCUT2D eigenvalue weighted by Gasteiger charge is -2.31. The molecule has 3 N–H and O–H groups in total. The van der Waals surface area contributed by atoms with Crippen LogP contribution >= 0.6 is 0 Å². The molecule has 0 radical (unpaired) electrons. The molecule has 146 valence electrons. The quantitative estimate of drug-likeness (QED) is 0.648. The van der Waals surface area contributed by atoms with E-state index in [2.05, 4.69) is 46.4 Å². The van der Waals surface area contributed by atoms with Crippen molar-refractivity contribution in [1.29, 1.82) is 0 Å². The average molecular weight is 377 g/mol. The molecule has 0 amide bonds. The van der Waals surface area contributed by atoms with Crippen LogP contribution in [0.1, 0.15) is 29.5 Å². The van der Waals surface area contributed by atoms with Gasteiger partial charge in [-0.1, -0.05) is 11.6 Å². The number of aryl methyl sites for hydroxylation is 2. The standard InChI is InChI=1S/C23H27N3O2/c1-15-11-16(2)22-17(12-15)13-18(23(28)25-22)14-24-19-3-5-20(6-4-19)26-9-7-21(27)8-10-26/h3-6,11-13,21,24,27H,7-10,14H2,1-2H3,(H,25,28). The lowest BCUT2D eigenvalue weighted by molar-refractivity contribution is 0.145. The highest BCUT2D eigenvalue weighted by Gasteiger charge is 2.17. The summed E-state index contributed by atoms with van der Waals surface area (Å²) >= 11 is 0. The molecular formula is C23H27N3O2. The van der Waals surface area contributed by atoms with Crippen molar-refractivity contribution in [3.05, 3.63) is 69.5 Å². The van der Waals surface area contributed by atoms with Crippen molar-refractivity contribution in [2.45, 2.75) is 39.3 Å². The van der Waals surface area contributed by atoms with Gasteiger partial charge in [-0.25, -0.2) is 0 Å². The number of hydrogen-bond donors (Lipinski definition) is 3. The van der Waals surface area contributed by atoms with Crippen molar-refractivity contribution in [2.24, 2.45) is 0 Å². The van der Waals surface area contributed by atoms with Crippen molar-refractivity contribution >= 4 is 22.3 Å². The van der Waals surface area contributed by atoms with E-state index in [1.54, 1.807) is 0 Å². The highest BCUT2D eigenvalue weighted by molar-refractivity contribution is 5.82. The number of pyridine rings is 1. The maximum Gasteiger partial charge on any atom is 0.253 e. The third-order valence-corrected chi connectivity index (χ3v) is 5.55. The molecule has 0 aliphatic carbocycles. The number of fused-ring (bicyclic) bond motifs is 1. The molecule has 0 unspecified atom stereocenters. The molecule has 1 fully saturated rings. The summed E-state index contributed by atoms with van der Waals surface area (Å²) in [6, 6.07) is 14.4. The molecule has 2 heterocycles. The Bertz CT molecular complexity index is 1030. The van der Waals surface area contributed by atoms with Gasteiger partial charge in [-0.05, 0) is 74.0 Å². The van der Waals surface area contributed by atoms with Crippen molar-refractivity contribution in [3.8, 4) is 0 Å². The van der Waals surface area contributed by atoms with Crippen molar-refractivity contribution in [1.82, 2.24) is 4.98 Å². The normalized spacial score (nSPS) is 15.2. The van der Waals surface area contributed by atoms with Crippen molar-refractivity contribution in [3.63, 3.8) is 0 Å². The van der Waals surface area contributed by atoms with Crippen molar-refractivity contribution in [2.75, 3.05) is 23.3 Å². The van der Waals surface area contributed by atoms with E-state index in [0.717, 1.165) is 53.6 Å². The van der Waals surface area contributed by atoms with Crippen LogP contribution in [0.15, 0.2) is 47.3 Å². The summed E-state index contributed by atoms with van der Waals surface area (Å²) in [7, 11) is 0. The molecule has 0 saturated carbocycles. The van der Waals surface area contributed by atoms with E-state index in [1.165, 1.54) is 11.3 Å². The Morgan fingerprint density at radius 3 is 2.54 bits per heavy atom.